The number of carbonyl (C=O) groups excluding carboxylic acids is 3. The summed E-state index contributed by atoms with van der Waals surface area (Å²) < 4.78 is 0. The molecule has 3 saturated heterocycles. The number of imide groups is 1. The average Bonchev–Trinajstić information content (AvgIpc) is 3.47. The minimum atomic E-state index is -1.24. The van der Waals surface area contributed by atoms with Crippen LogP contribution in [0.1, 0.15) is 24.0 Å². The molecule has 1 spiro atoms. The van der Waals surface area contributed by atoms with Gasteiger partial charge in [-0.15, -0.1) is 0 Å². The molecule has 0 radical (unpaired) electrons. The Kier molecular flexibility index (Phi) is 3.72. The monoisotopic (exact) mass is 432 g/mol. The van der Waals surface area contributed by atoms with Crippen LogP contribution in [-0.2, 0) is 19.9 Å². The molecule has 1 N–H and O–H groups in total. The molecular formula is C23H20N4O5. The van der Waals surface area contributed by atoms with Crippen molar-refractivity contribution in [1.82, 2.24) is 4.90 Å². The summed E-state index contributed by atoms with van der Waals surface area (Å²) in [6.07, 6.45) is 1.56. The third-order valence-corrected chi connectivity index (χ3v) is 7.61. The maximum atomic E-state index is 13.9. The molecule has 6 rings (SSSR count). The summed E-state index contributed by atoms with van der Waals surface area (Å²) in [5, 5.41) is 14.4. The van der Waals surface area contributed by atoms with Gasteiger partial charge < -0.3 is 5.32 Å². The van der Waals surface area contributed by atoms with Crippen molar-refractivity contribution in [2.75, 3.05) is 16.8 Å². The van der Waals surface area contributed by atoms with E-state index in [9.17, 15) is 24.5 Å². The van der Waals surface area contributed by atoms with Gasteiger partial charge in [-0.2, -0.15) is 0 Å². The third kappa shape index (κ3) is 2.04. The Morgan fingerprint density at radius 2 is 1.88 bits per heavy atom. The van der Waals surface area contributed by atoms with Crippen LogP contribution < -0.4 is 10.2 Å². The van der Waals surface area contributed by atoms with Crippen molar-refractivity contribution in [2.24, 2.45) is 11.8 Å². The molecule has 32 heavy (non-hydrogen) atoms. The fourth-order valence-electron chi connectivity index (χ4n) is 6.45. The highest BCUT2D eigenvalue weighted by Crippen LogP contribution is 2.60. The zero-order chi connectivity index (χ0) is 22.4. The molecule has 2 aromatic carbocycles. The zero-order valence-electron chi connectivity index (χ0n) is 17.3. The Hall–Kier alpha value is -3.59. The van der Waals surface area contributed by atoms with Gasteiger partial charge in [0, 0.05) is 23.4 Å². The van der Waals surface area contributed by atoms with Crippen LogP contribution in [0, 0.1) is 28.9 Å². The van der Waals surface area contributed by atoms with Crippen molar-refractivity contribution in [3.63, 3.8) is 0 Å². The van der Waals surface area contributed by atoms with Gasteiger partial charge in [0.25, 0.3) is 5.69 Å². The molecule has 4 atom stereocenters. The number of amides is 3. The van der Waals surface area contributed by atoms with Crippen molar-refractivity contribution in [1.29, 1.82) is 0 Å². The number of hydrogen-bond acceptors (Lipinski definition) is 6. The lowest BCUT2D eigenvalue weighted by Crippen LogP contribution is -2.54. The summed E-state index contributed by atoms with van der Waals surface area (Å²) in [5.41, 5.74) is 0.472. The largest absolute Gasteiger partial charge is 0.324 e. The zero-order valence-corrected chi connectivity index (χ0v) is 17.3. The van der Waals surface area contributed by atoms with Crippen LogP contribution in [0.5, 0.6) is 0 Å². The first kappa shape index (κ1) is 19.1. The van der Waals surface area contributed by atoms with Gasteiger partial charge in [-0.3, -0.25) is 29.4 Å². The molecule has 4 heterocycles. The first-order chi connectivity index (χ1) is 15.4. The first-order valence-electron chi connectivity index (χ1n) is 10.7. The van der Waals surface area contributed by atoms with E-state index in [1.807, 2.05) is 24.3 Å². The summed E-state index contributed by atoms with van der Waals surface area (Å²) in [5.74, 6) is -2.67. The number of nitrogens with one attached hydrogen (secondary N) is 1. The van der Waals surface area contributed by atoms with E-state index in [4.69, 9.17) is 0 Å². The third-order valence-electron chi connectivity index (χ3n) is 7.61. The van der Waals surface area contributed by atoms with Crippen molar-refractivity contribution in [3.8, 4) is 0 Å². The molecule has 0 saturated carbocycles. The minimum absolute atomic E-state index is 0.152. The van der Waals surface area contributed by atoms with Gasteiger partial charge in [0.1, 0.15) is 5.54 Å². The van der Waals surface area contributed by atoms with E-state index in [1.54, 1.807) is 6.07 Å². The second-order valence-corrected chi connectivity index (χ2v) is 8.86. The van der Waals surface area contributed by atoms with Crippen LogP contribution in [0.3, 0.4) is 0 Å². The topological polar surface area (TPSA) is 113 Å². The quantitative estimate of drug-likeness (QED) is 0.443. The van der Waals surface area contributed by atoms with Gasteiger partial charge in [0.15, 0.2) is 0 Å². The summed E-state index contributed by atoms with van der Waals surface area (Å²) >= 11 is 0. The van der Waals surface area contributed by atoms with E-state index < -0.39 is 28.2 Å². The molecule has 0 aromatic heterocycles. The standard InChI is InChI=1S/C23H20N4O5/c1-12-15(8-4-9-16(12)27(31)32)26-20(28)18-17-10-5-11-25(17)23(19(18)21(26)29)13-6-2-3-7-14(13)24-22(23)30/h2-4,6-9,17-19H,5,10-11H2,1H3,(H,24,30). The molecule has 3 fully saturated rings. The number of para-hydroxylation sites is 1. The van der Waals surface area contributed by atoms with E-state index in [0.29, 0.717) is 12.2 Å². The predicted molar refractivity (Wildman–Crippen MR) is 114 cm³/mol. The van der Waals surface area contributed by atoms with Gasteiger partial charge in [-0.1, -0.05) is 24.3 Å². The number of nitro benzene ring substituents is 1. The van der Waals surface area contributed by atoms with Gasteiger partial charge >= 0.3 is 0 Å². The molecular weight excluding hydrogens is 412 g/mol. The Morgan fingerprint density at radius 3 is 2.66 bits per heavy atom. The number of hydrogen-bond donors (Lipinski definition) is 1. The maximum absolute atomic E-state index is 13.9. The number of nitro groups is 1. The molecule has 4 aliphatic rings. The highest BCUT2D eigenvalue weighted by Gasteiger charge is 2.74. The molecule has 9 heteroatoms. The van der Waals surface area contributed by atoms with Gasteiger partial charge in [-0.25, -0.2) is 4.90 Å². The van der Waals surface area contributed by atoms with Crippen molar-refractivity contribution in [3.05, 3.63) is 63.7 Å². The summed E-state index contributed by atoms with van der Waals surface area (Å²) in [6, 6.07) is 11.5. The van der Waals surface area contributed by atoms with Gasteiger partial charge in [-0.05, 0) is 38.4 Å². The van der Waals surface area contributed by atoms with E-state index in [-0.39, 0.29) is 34.8 Å². The smallest absolute Gasteiger partial charge is 0.274 e. The number of rotatable bonds is 2. The van der Waals surface area contributed by atoms with E-state index in [1.165, 1.54) is 19.1 Å². The van der Waals surface area contributed by atoms with Crippen LogP contribution in [-0.4, -0.2) is 40.1 Å². The Morgan fingerprint density at radius 1 is 1.09 bits per heavy atom. The van der Waals surface area contributed by atoms with Crippen LogP contribution >= 0.6 is 0 Å². The second-order valence-electron chi connectivity index (χ2n) is 8.86. The van der Waals surface area contributed by atoms with Crippen LogP contribution in [0.2, 0.25) is 0 Å². The van der Waals surface area contributed by atoms with Gasteiger partial charge in [0.05, 0.1) is 28.0 Å². The fourth-order valence-corrected chi connectivity index (χ4v) is 6.45. The minimum Gasteiger partial charge on any atom is -0.324 e. The SMILES string of the molecule is Cc1c(N2C(=O)C3C4CCCN4C4(C(=O)Nc5ccccc54)C3C2=O)cccc1[N+](=O)[O-]. The lowest BCUT2D eigenvalue weighted by Gasteiger charge is -2.36. The van der Waals surface area contributed by atoms with E-state index >= 15 is 0 Å². The molecule has 0 aliphatic carbocycles. The van der Waals surface area contributed by atoms with Crippen LogP contribution in [0.15, 0.2) is 42.5 Å². The Labute approximate surface area is 183 Å². The van der Waals surface area contributed by atoms with E-state index in [2.05, 4.69) is 10.2 Å². The lowest BCUT2D eigenvalue weighted by atomic mass is 9.75. The highest BCUT2D eigenvalue weighted by atomic mass is 16.6. The van der Waals surface area contributed by atoms with Crippen molar-refractivity contribution in [2.45, 2.75) is 31.3 Å². The Balaban J connectivity index is 1.55. The molecule has 0 bridgehead atoms. The molecule has 4 unspecified atom stereocenters. The number of nitrogens with zero attached hydrogens (tertiary/aromatic N) is 3. The number of benzene rings is 2. The second kappa shape index (κ2) is 6.23. The summed E-state index contributed by atoms with van der Waals surface area (Å²) in [4.78, 5) is 55.2. The Bertz CT molecular complexity index is 1240. The highest BCUT2D eigenvalue weighted by molar-refractivity contribution is 6.26. The predicted octanol–water partition coefficient (Wildman–Crippen LogP) is 2.33. The molecule has 4 aliphatic heterocycles. The van der Waals surface area contributed by atoms with Gasteiger partial charge in [0.2, 0.25) is 17.7 Å². The van der Waals surface area contributed by atoms with Crippen LogP contribution in [0.25, 0.3) is 0 Å². The average molecular weight is 432 g/mol. The molecule has 2 aromatic rings. The summed E-state index contributed by atoms with van der Waals surface area (Å²) in [7, 11) is 0. The number of fused-ring (bicyclic) bond motifs is 7. The fraction of sp³-hybridized carbons (Fsp3) is 0.348. The lowest BCUT2D eigenvalue weighted by molar-refractivity contribution is -0.385. The van der Waals surface area contributed by atoms with E-state index in [0.717, 1.165) is 23.3 Å². The van der Waals surface area contributed by atoms with Crippen molar-refractivity contribution >= 4 is 34.8 Å². The van der Waals surface area contributed by atoms with Crippen molar-refractivity contribution < 1.29 is 19.3 Å². The normalized spacial score (nSPS) is 30.6. The molecule has 3 amide bonds. The molecule has 9 nitrogen and oxygen atoms in total. The number of anilines is 2. The summed E-state index contributed by atoms with van der Waals surface area (Å²) in [6.45, 7) is 2.17. The maximum Gasteiger partial charge on any atom is 0.274 e. The number of carbonyl (C=O) groups is 3. The first-order valence-corrected chi connectivity index (χ1v) is 10.7. The van der Waals surface area contributed by atoms with Crippen LogP contribution in [0.4, 0.5) is 17.1 Å². The molecule has 162 valence electrons.